The van der Waals surface area contributed by atoms with Gasteiger partial charge in [-0.2, -0.15) is 4.39 Å². The molecule has 2 N–H and O–H groups in total. The molecular weight excluding hydrogens is 463 g/mol. The Balaban J connectivity index is 1.91. The van der Waals surface area contributed by atoms with Gasteiger partial charge in [0.1, 0.15) is 16.9 Å². The minimum atomic E-state index is -1.26. The lowest BCUT2D eigenvalue weighted by Gasteiger charge is -2.38. The number of aromatic nitrogens is 2. The molecule has 5 aromatic rings. The maximum absolute atomic E-state index is 16.3. The molecule has 0 saturated carbocycles. The number of rotatable bonds is 7. The lowest BCUT2D eigenvalue weighted by molar-refractivity contribution is 0.0987. The van der Waals surface area contributed by atoms with E-state index in [1.54, 1.807) is 0 Å². The Morgan fingerprint density at radius 2 is 1.19 bits per heavy atom. The van der Waals surface area contributed by atoms with E-state index < -0.39 is 17.5 Å². The van der Waals surface area contributed by atoms with E-state index in [9.17, 15) is 4.79 Å². The number of anilines is 1. The van der Waals surface area contributed by atoms with Crippen molar-refractivity contribution in [2.45, 2.75) is 5.54 Å². The van der Waals surface area contributed by atoms with Crippen molar-refractivity contribution in [3.8, 4) is 11.3 Å². The van der Waals surface area contributed by atoms with Gasteiger partial charge in [-0.1, -0.05) is 103 Å². The van der Waals surface area contributed by atoms with Gasteiger partial charge in [0.2, 0.25) is 0 Å². The van der Waals surface area contributed by atoms with Crippen LogP contribution in [-0.4, -0.2) is 29.6 Å². The van der Waals surface area contributed by atoms with E-state index in [0.717, 1.165) is 22.4 Å². The molecule has 0 aliphatic heterocycles. The molecule has 1 heterocycles. The average molecular weight is 491 g/mol. The molecule has 4 aromatic carbocycles. The van der Waals surface area contributed by atoms with E-state index in [1.807, 2.05) is 134 Å². The average Bonchev–Trinajstić information content (AvgIpc) is 3.29. The molecule has 5 nitrogen and oxygen atoms in total. The summed E-state index contributed by atoms with van der Waals surface area (Å²) in [5.74, 6) is -0.768. The third kappa shape index (κ3) is 4.06. The molecule has 0 saturated heterocycles. The second kappa shape index (κ2) is 9.74. The van der Waals surface area contributed by atoms with Gasteiger partial charge in [0, 0.05) is 25.3 Å². The quantitative estimate of drug-likeness (QED) is 0.298. The second-order valence-corrected chi connectivity index (χ2v) is 9.03. The maximum Gasteiger partial charge on any atom is 0.291 e. The predicted octanol–water partition coefficient (Wildman–Crippen LogP) is 5.69. The zero-order chi connectivity index (χ0) is 26.0. The summed E-state index contributed by atoms with van der Waals surface area (Å²) in [7, 11) is 3.87. The van der Waals surface area contributed by atoms with E-state index in [-0.39, 0.29) is 11.4 Å². The molecule has 0 fully saturated rings. The van der Waals surface area contributed by atoms with Crippen LogP contribution in [0.4, 0.5) is 10.1 Å². The predicted molar refractivity (Wildman–Crippen MR) is 145 cm³/mol. The monoisotopic (exact) mass is 490 g/mol. The first-order valence-electron chi connectivity index (χ1n) is 12.0. The highest BCUT2D eigenvalue weighted by Crippen LogP contribution is 2.43. The van der Waals surface area contributed by atoms with Gasteiger partial charge in [0.15, 0.2) is 0 Å². The number of hydrogen-bond donors (Lipinski definition) is 1. The molecule has 1 amide bonds. The number of amides is 1. The summed E-state index contributed by atoms with van der Waals surface area (Å²) in [6.07, 6.45) is -0.808. The van der Waals surface area contributed by atoms with Crippen LogP contribution in [0, 0.1) is 6.08 Å². The summed E-state index contributed by atoms with van der Waals surface area (Å²) in [5.41, 5.74) is 8.79. The number of carbonyl (C=O) groups is 1. The van der Waals surface area contributed by atoms with Crippen LogP contribution in [0.25, 0.3) is 11.3 Å². The van der Waals surface area contributed by atoms with Gasteiger partial charge in [0.05, 0.1) is 0 Å². The van der Waals surface area contributed by atoms with Crippen molar-refractivity contribution < 1.29 is 9.18 Å². The van der Waals surface area contributed by atoms with Crippen LogP contribution in [0.1, 0.15) is 27.2 Å². The standard InChI is InChI=1S/C31H27FN4O/c1-35(2)26-20-18-22(19-21-26)27-28(29(33)37)36(30(32)34-27)31(23-12-6-3-7-13-23,24-14-8-4-9-15-24)25-16-10-5-11-17-25/h3-21H,1-2H3,(H2,33,37). The van der Waals surface area contributed by atoms with Crippen molar-refractivity contribution in [2.75, 3.05) is 19.0 Å². The number of hydrogen-bond acceptors (Lipinski definition) is 3. The third-order valence-electron chi connectivity index (χ3n) is 6.64. The number of benzene rings is 4. The molecule has 1 aromatic heterocycles. The van der Waals surface area contributed by atoms with Crippen LogP contribution in [0.15, 0.2) is 115 Å². The Hall–Kier alpha value is -4.71. The zero-order valence-electron chi connectivity index (χ0n) is 20.7. The number of carbonyl (C=O) groups excluding carboxylic acids is 1. The molecule has 0 unspecified atom stereocenters. The van der Waals surface area contributed by atoms with Crippen molar-refractivity contribution >= 4 is 11.6 Å². The van der Waals surface area contributed by atoms with Crippen LogP contribution in [0.5, 0.6) is 0 Å². The third-order valence-corrected chi connectivity index (χ3v) is 6.64. The molecule has 0 aliphatic carbocycles. The normalized spacial score (nSPS) is 11.3. The summed E-state index contributed by atoms with van der Waals surface area (Å²) in [4.78, 5) is 19.4. The van der Waals surface area contributed by atoms with Crippen molar-refractivity contribution in [1.82, 2.24) is 9.55 Å². The number of primary amides is 1. The first-order valence-corrected chi connectivity index (χ1v) is 12.0. The molecule has 6 heteroatoms. The van der Waals surface area contributed by atoms with Crippen molar-refractivity contribution in [1.29, 1.82) is 0 Å². The lowest BCUT2D eigenvalue weighted by Crippen LogP contribution is -2.41. The molecule has 0 aliphatic rings. The van der Waals surface area contributed by atoms with Gasteiger partial charge >= 0.3 is 0 Å². The molecule has 37 heavy (non-hydrogen) atoms. The smallest absolute Gasteiger partial charge is 0.291 e. The summed E-state index contributed by atoms with van der Waals surface area (Å²) in [6, 6.07) is 36.1. The van der Waals surface area contributed by atoms with Gasteiger partial charge in [-0.05, 0) is 28.8 Å². The Labute approximate surface area is 215 Å². The largest absolute Gasteiger partial charge is 0.378 e. The molecule has 0 atom stereocenters. The first kappa shape index (κ1) is 24.0. The lowest BCUT2D eigenvalue weighted by atomic mass is 9.76. The minimum absolute atomic E-state index is 0.00772. The Bertz CT molecular complexity index is 1420. The number of nitrogens with two attached hydrogens (primary N) is 1. The minimum Gasteiger partial charge on any atom is -0.378 e. The summed E-state index contributed by atoms with van der Waals surface area (Å²) >= 11 is 0. The van der Waals surface area contributed by atoms with E-state index in [2.05, 4.69) is 4.98 Å². The highest BCUT2D eigenvalue weighted by atomic mass is 19.1. The first-order chi connectivity index (χ1) is 17.9. The van der Waals surface area contributed by atoms with E-state index in [0.29, 0.717) is 5.56 Å². The Morgan fingerprint density at radius 3 is 1.57 bits per heavy atom. The van der Waals surface area contributed by atoms with E-state index >= 15 is 4.39 Å². The molecular formula is C31H27FN4O. The zero-order valence-corrected chi connectivity index (χ0v) is 20.7. The summed E-state index contributed by atoms with van der Waals surface area (Å²) < 4.78 is 17.7. The van der Waals surface area contributed by atoms with Crippen LogP contribution in [-0.2, 0) is 5.54 Å². The van der Waals surface area contributed by atoms with Gasteiger partial charge in [-0.3, -0.25) is 9.36 Å². The van der Waals surface area contributed by atoms with Gasteiger partial charge in [-0.15, -0.1) is 0 Å². The topological polar surface area (TPSA) is 64.2 Å². The maximum atomic E-state index is 16.3. The molecule has 0 bridgehead atoms. The molecule has 5 rings (SSSR count). The second-order valence-electron chi connectivity index (χ2n) is 9.03. The van der Waals surface area contributed by atoms with Crippen molar-refractivity contribution in [3.63, 3.8) is 0 Å². The van der Waals surface area contributed by atoms with Crippen LogP contribution in [0.2, 0.25) is 0 Å². The van der Waals surface area contributed by atoms with Gasteiger partial charge in [0.25, 0.3) is 12.0 Å². The number of halogens is 1. The highest BCUT2D eigenvalue weighted by molar-refractivity contribution is 5.98. The number of nitrogens with zero attached hydrogens (tertiary/aromatic N) is 3. The van der Waals surface area contributed by atoms with Gasteiger partial charge < -0.3 is 10.6 Å². The Kier molecular flexibility index (Phi) is 6.32. The fourth-order valence-electron chi connectivity index (χ4n) is 4.97. The Morgan fingerprint density at radius 1 is 0.757 bits per heavy atom. The summed E-state index contributed by atoms with van der Waals surface area (Å²) in [6.45, 7) is 0. The van der Waals surface area contributed by atoms with Gasteiger partial charge in [-0.25, -0.2) is 4.98 Å². The van der Waals surface area contributed by atoms with Crippen LogP contribution in [0.3, 0.4) is 0 Å². The van der Waals surface area contributed by atoms with E-state index in [1.165, 1.54) is 4.57 Å². The SMILES string of the molecule is CN(C)c1ccc(-c2nc(F)n(C(c3ccccc3)(c3ccccc3)c3ccccc3)c2C(N)=O)cc1. The number of imidazole rings is 1. The van der Waals surface area contributed by atoms with Crippen LogP contribution < -0.4 is 10.6 Å². The van der Waals surface area contributed by atoms with Crippen LogP contribution >= 0.6 is 0 Å². The fraction of sp³-hybridized carbons (Fsp3) is 0.0968. The summed E-state index contributed by atoms with van der Waals surface area (Å²) in [5, 5.41) is 0. The molecule has 0 spiro atoms. The van der Waals surface area contributed by atoms with E-state index in [4.69, 9.17) is 5.73 Å². The molecule has 184 valence electrons. The highest BCUT2D eigenvalue weighted by Gasteiger charge is 2.44. The van der Waals surface area contributed by atoms with Crippen molar-refractivity contribution in [3.05, 3.63) is 144 Å². The molecule has 0 radical (unpaired) electrons. The van der Waals surface area contributed by atoms with Crippen molar-refractivity contribution in [2.24, 2.45) is 5.73 Å². The fourth-order valence-corrected chi connectivity index (χ4v) is 4.97.